The Labute approximate surface area is 160 Å². The second-order valence-electron chi connectivity index (χ2n) is 6.90. The van der Waals surface area contributed by atoms with Gasteiger partial charge in [-0.25, -0.2) is 17.6 Å². The van der Waals surface area contributed by atoms with Gasteiger partial charge in [0.2, 0.25) is 0 Å². The minimum Gasteiger partial charge on any atom is -0.475 e. The van der Waals surface area contributed by atoms with E-state index >= 15 is 0 Å². The Morgan fingerprint density at radius 2 is 1.96 bits per heavy atom. The molecule has 6 nitrogen and oxygen atoms in total. The summed E-state index contributed by atoms with van der Waals surface area (Å²) in [7, 11) is -1.44. The van der Waals surface area contributed by atoms with Crippen LogP contribution in [-0.4, -0.2) is 67.9 Å². The molecule has 0 aliphatic carbocycles. The number of nitrogens with zero attached hydrogens (tertiary/aromatic N) is 1. The van der Waals surface area contributed by atoms with Crippen LogP contribution in [0.3, 0.4) is 0 Å². The van der Waals surface area contributed by atoms with Crippen LogP contribution < -0.4 is 0 Å². The zero-order chi connectivity index (χ0) is 21.2. The number of carboxylic acid groups (broad SMARTS) is 1. The lowest BCUT2D eigenvalue weighted by Crippen LogP contribution is -2.67. The summed E-state index contributed by atoms with van der Waals surface area (Å²) in [5.41, 5.74) is 0.878. The third kappa shape index (κ3) is 4.81. The molecule has 0 radical (unpaired) electrons. The Bertz CT molecular complexity index is 806. The molecular weight excluding hydrogens is 406 g/mol. The summed E-state index contributed by atoms with van der Waals surface area (Å²) >= 11 is 0. The van der Waals surface area contributed by atoms with Gasteiger partial charge in [-0.05, 0) is 24.1 Å². The highest BCUT2D eigenvalue weighted by Crippen LogP contribution is 2.45. The van der Waals surface area contributed by atoms with Crippen LogP contribution in [0.5, 0.6) is 0 Å². The first-order valence-corrected chi connectivity index (χ1v) is 10.0. The Kier molecular flexibility index (Phi) is 6.72. The first kappa shape index (κ1) is 22.6. The number of likely N-dealkylation sites (tertiary alicyclic amines) is 1. The quantitative estimate of drug-likeness (QED) is 0.741. The van der Waals surface area contributed by atoms with Crippen LogP contribution in [0.1, 0.15) is 12.0 Å². The number of alkyl halides is 3. The van der Waals surface area contributed by atoms with Crippen molar-refractivity contribution < 1.29 is 40.6 Å². The molecule has 1 spiro atoms. The topological polar surface area (TPSA) is 83.9 Å². The van der Waals surface area contributed by atoms with E-state index < -0.39 is 26.7 Å². The predicted octanol–water partition coefficient (Wildman–Crippen LogP) is 2.09. The van der Waals surface area contributed by atoms with E-state index in [1.165, 1.54) is 12.1 Å². The molecule has 2 aliphatic heterocycles. The zero-order valence-electron chi connectivity index (χ0n) is 15.1. The summed E-state index contributed by atoms with van der Waals surface area (Å²) in [6, 6.07) is 6.46. The lowest BCUT2D eigenvalue weighted by molar-refractivity contribution is -0.192. The van der Waals surface area contributed by atoms with Crippen molar-refractivity contribution in [3.63, 3.8) is 0 Å². The Morgan fingerprint density at radius 3 is 2.46 bits per heavy atom. The van der Waals surface area contributed by atoms with Crippen molar-refractivity contribution in [1.82, 2.24) is 4.90 Å². The van der Waals surface area contributed by atoms with Gasteiger partial charge in [-0.15, -0.1) is 0 Å². The van der Waals surface area contributed by atoms with Gasteiger partial charge in [-0.1, -0.05) is 12.1 Å². The third-order valence-electron chi connectivity index (χ3n) is 4.99. The first-order chi connectivity index (χ1) is 12.9. The summed E-state index contributed by atoms with van der Waals surface area (Å²) < 4.78 is 74.2. The van der Waals surface area contributed by atoms with E-state index in [4.69, 9.17) is 14.6 Å². The average Bonchev–Trinajstić information content (AvgIpc) is 2.79. The number of benzene rings is 1. The van der Waals surface area contributed by atoms with Crippen molar-refractivity contribution >= 4 is 15.8 Å². The zero-order valence-corrected chi connectivity index (χ0v) is 15.9. The van der Waals surface area contributed by atoms with Crippen LogP contribution in [0.25, 0.3) is 0 Å². The maximum absolute atomic E-state index is 13.2. The summed E-state index contributed by atoms with van der Waals surface area (Å²) in [6.07, 6.45) is -4.40. The van der Waals surface area contributed by atoms with E-state index in [-0.39, 0.29) is 17.5 Å². The van der Waals surface area contributed by atoms with E-state index in [1.54, 1.807) is 13.2 Å². The molecule has 1 N–H and O–H groups in total. The molecule has 1 aromatic carbocycles. The Hall–Kier alpha value is -1.72. The molecule has 2 heterocycles. The van der Waals surface area contributed by atoms with Gasteiger partial charge in [0.25, 0.3) is 0 Å². The molecule has 1 atom stereocenters. The smallest absolute Gasteiger partial charge is 0.475 e. The van der Waals surface area contributed by atoms with Gasteiger partial charge in [0.1, 0.15) is 10.6 Å². The fourth-order valence-electron chi connectivity index (χ4n) is 3.62. The minimum absolute atomic E-state index is 0.0799. The second kappa shape index (κ2) is 8.34. The van der Waals surface area contributed by atoms with Crippen LogP contribution in [0.15, 0.2) is 24.3 Å². The van der Waals surface area contributed by atoms with Crippen LogP contribution in [0.4, 0.5) is 17.6 Å². The van der Waals surface area contributed by atoms with Gasteiger partial charge >= 0.3 is 12.1 Å². The average molecular weight is 427 g/mol. The molecule has 0 aromatic heterocycles. The summed E-state index contributed by atoms with van der Waals surface area (Å²) in [5, 5.41) is 7.12. The first-order valence-electron chi connectivity index (χ1n) is 8.39. The highest BCUT2D eigenvalue weighted by Gasteiger charge is 2.61. The SMILES string of the molecule is COCC1CCS(=O)(=O)C12CN(Cc1cccc(F)c1)C2.O=C(O)C(F)(F)F. The number of carboxylic acids is 1. The fraction of sp³-hybridized carbons (Fsp3) is 0.588. The van der Waals surface area contributed by atoms with Gasteiger partial charge in [0.15, 0.2) is 9.84 Å². The number of carbonyl (C=O) groups is 1. The molecule has 2 saturated heterocycles. The Balaban J connectivity index is 0.000000345. The second-order valence-corrected chi connectivity index (χ2v) is 9.35. The minimum atomic E-state index is -5.08. The predicted molar refractivity (Wildman–Crippen MR) is 91.9 cm³/mol. The number of hydrogen-bond donors (Lipinski definition) is 1. The maximum Gasteiger partial charge on any atom is 0.490 e. The van der Waals surface area contributed by atoms with E-state index in [1.807, 2.05) is 6.07 Å². The van der Waals surface area contributed by atoms with Crippen LogP contribution in [0, 0.1) is 11.7 Å². The molecule has 0 bridgehead atoms. The fourth-order valence-corrected chi connectivity index (χ4v) is 6.08. The van der Waals surface area contributed by atoms with Crippen LogP contribution >= 0.6 is 0 Å². The van der Waals surface area contributed by atoms with Crippen LogP contribution in [0.2, 0.25) is 0 Å². The molecular formula is C17H21F4NO5S. The molecule has 1 unspecified atom stereocenters. The van der Waals surface area contributed by atoms with Crippen molar-refractivity contribution in [2.45, 2.75) is 23.9 Å². The number of rotatable bonds is 4. The summed E-state index contributed by atoms with van der Waals surface area (Å²) in [6.45, 7) is 2.14. The standard InChI is InChI=1S/C15H20FNO3S.C2HF3O2/c1-20-9-13-5-6-21(18,19)15(13)10-17(11-15)8-12-3-2-4-14(16)7-12;3-2(4,5)1(6)7/h2-4,7,13H,5-6,8-11H2,1H3;(H,6,7). The van der Waals surface area contributed by atoms with Crippen molar-refractivity contribution in [2.24, 2.45) is 5.92 Å². The van der Waals surface area contributed by atoms with Gasteiger partial charge < -0.3 is 9.84 Å². The number of hydrogen-bond acceptors (Lipinski definition) is 5. The third-order valence-corrected chi connectivity index (χ3v) is 7.59. The normalized spacial score (nSPS) is 23.0. The van der Waals surface area contributed by atoms with Gasteiger partial charge in [-0.3, -0.25) is 4.90 Å². The van der Waals surface area contributed by atoms with Crippen molar-refractivity contribution in [3.8, 4) is 0 Å². The highest BCUT2D eigenvalue weighted by atomic mass is 32.2. The lowest BCUT2D eigenvalue weighted by atomic mass is 9.83. The maximum atomic E-state index is 13.2. The summed E-state index contributed by atoms with van der Waals surface area (Å²) in [5.74, 6) is -2.67. The largest absolute Gasteiger partial charge is 0.490 e. The Morgan fingerprint density at radius 1 is 1.36 bits per heavy atom. The van der Waals surface area contributed by atoms with E-state index in [0.717, 1.165) is 5.56 Å². The molecule has 158 valence electrons. The van der Waals surface area contributed by atoms with E-state index in [0.29, 0.717) is 32.7 Å². The number of methoxy groups -OCH3 is 1. The highest BCUT2D eigenvalue weighted by molar-refractivity contribution is 7.93. The van der Waals surface area contributed by atoms with Gasteiger partial charge in [0, 0.05) is 32.7 Å². The van der Waals surface area contributed by atoms with Crippen molar-refractivity contribution in [3.05, 3.63) is 35.6 Å². The molecule has 0 saturated carbocycles. The molecule has 1 aromatic rings. The lowest BCUT2D eigenvalue weighted by Gasteiger charge is -2.50. The molecule has 28 heavy (non-hydrogen) atoms. The molecule has 3 rings (SSSR count). The molecule has 0 amide bonds. The number of aliphatic carboxylic acids is 1. The number of sulfone groups is 1. The van der Waals surface area contributed by atoms with Crippen LogP contribution in [-0.2, 0) is 25.9 Å². The molecule has 11 heteroatoms. The molecule has 2 aliphatic rings. The van der Waals surface area contributed by atoms with E-state index in [9.17, 15) is 26.0 Å². The number of ether oxygens (including phenoxy) is 1. The van der Waals surface area contributed by atoms with E-state index in [2.05, 4.69) is 4.90 Å². The monoisotopic (exact) mass is 427 g/mol. The number of halogens is 4. The van der Waals surface area contributed by atoms with Crippen molar-refractivity contribution in [2.75, 3.05) is 32.6 Å². The van der Waals surface area contributed by atoms with Gasteiger partial charge in [0.05, 0.1) is 12.4 Å². The summed E-state index contributed by atoms with van der Waals surface area (Å²) in [4.78, 5) is 11.0. The van der Waals surface area contributed by atoms with Gasteiger partial charge in [-0.2, -0.15) is 13.2 Å². The van der Waals surface area contributed by atoms with Crippen molar-refractivity contribution in [1.29, 1.82) is 0 Å². The molecule has 2 fully saturated rings.